The Labute approximate surface area is 372 Å². The van der Waals surface area contributed by atoms with Gasteiger partial charge in [-0.25, -0.2) is 9.59 Å². The second-order valence-corrected chi connectivity index (χ2v) is 17.2. The molecular formula is C50H55NO13. The Morgan fingerprint density at radius 2 is 1.48 bits per heavy atom. The van der Waals surface area contributed by atoms with E-state index in [0.717, 1.165) is 0 Å². The van der Waals surface area contributed by atoms with Gasteiger partial charge in [0.2, 0.25) is 5.78 Å². The molecule has 2 aliphatic heterocycles. The van der Waals surface area contributed by atoms with Gasteiger partial charge in [-0.2, -0.15) is 0 Å². The van der Waals surface area contributed by atoms with Gasteiger partial charge < -0.3 is 44.0 Å². The summed E-state index contributed by atoms with van der Waals surface area (Å²) in [5.74, 6) is -5.25. The van der Waals surface area contributed by atoms with Gasteiger partial charge in [-0.15, -0.1) is 0 Å². The average Bonchev–Trinajstić information content (AvgIpc) is 3.27. The van der Waals surface area contributed by atoms with Crippen LogP contribution in [0.25, 0.3) is 0 Å². The molecule has 0 saturated carbocycles. The number of hydrogen-bond donors (Lipinski definition) is 3. The van der Waals surface area contributed by atoms with Crippen molar-refractivity contribution < 1.29 is 62.6 Å². The Balaban J connectivity index is 1.38. The number of fused-ring (bicyclic) bond motifs is 5. The van der Waals surface area contributed by atoms with Gasteiger partial charge in [0.1, 0.15) is 23.9 Å². The number of rotatable bonds is 9. The fourth-order valence-corrected chi connectivity index (χ4v) is 9.62. The summed E-state index contributed by atoms with van der Waals surface area (Å²) in [6.07, 6.45) is -2.01. The summed E-state index contributed by atoms with van der Waals surface area (Å²) in [6, 6.07) is 23.6. The Morgan fingerprint density at radius 1 is 0.844 bits per heavy atom. The molecule has 4 bridgehead atoms. The minimum atomic E-state index is -2.27. The molecule has 64 heavy (non-hydrogen) atoms. The van der Waals surface area contributed by atoms with Crippen molar-refractivity contribution in [3.8, 4) is 0 Å². The average molecular weight is 878 g/mol. The number of Topliss-reactive ketones (excluding diaryl/α,β-unsaturated/α-hetero) is 1. The first-order valence-corrected chi connectivity index (χ1v) is 21.5. The molecule has 1 amide bonds. The van der Waals surface area contributed by atoms with Gasteiger partial charge in [-0.3, -0.25) is 14.4 Å². The van der Waals surface area contributed by atoms with Gasteiger partial charge in [0.05, 0.1) is 37.3 Å². The van der Waals surface area contributed by atoms with E-state index in [2.05, 4.69) is 5.32 Å². The summed E-state index contributed by atoms with van der Waals surface area (Å²) in [4.78, 5) is 70.8. The third-order valence-corrected chi connectivity index (χ3v) is 13.0. The molecule has 0 spiro atoms. The number of ketones is 1. The van der Waals surface area contributed by atoms with Gasteiger partial charge in [-0.1, -0.05) is 92.7 Å². The van der Waals surface area contributed by atoms with Crippen LogP contribution in [0.1, 0.15) is 86.2 Å². The van der Waals surface area contributed by atoms with Crippen LogP contribution in [0, 0.1) is 11.3 Å². The lowest BCUT2D eigenvalue weighted by Crippen LogP contribution is -2.73. The molecule has 3 aromatic rings. The number of carbonyl (C=O) groups excluding carboxylic acids is 5. The Kier molecular flexibility index (Phi) is 13.7. The van der Waals surface area contributed by atoms with Crippen LogP contribution in [-0.2, 0) is 42.8 Å². The number of benzene rings is 3. The van der Waals surface area contributed by atoms with Gasteiger partial charge >= 0.3 is 17.9 Å². The predicted octanol–water partition coefficient (Wildman–Crippen LogP) is 5.69. The monoisotopic (exact) mass is 877 g/mol. The van der Waals surface area contributed by atoms with Crippen molar-refractivity contribution in [3.63, 3.8) is 0 Å². The van der Waals surface area contributed by atoms with Crippen molar-refractivity contribution in [1.29, 1.82) is 0 Å². The number of ether oxygens (including phenoxy) is 6. The highest BCUT2D eigenvalue weighted by Gasteiger charge is 2.70. The van der Waals surface area contributed by atoms with Crippen LogP contribution in [0.4, 0.5) is 0 Å². The smallest absolute Gasteiger partial charge is 0.338 e. The number of allylic oxidation sites excluding steroid dienone is 1. The van der Waals surface area contributed by atoms with Crippen molar-refractivity contribution >= 4 is 29.6 Å². The lowest BCUT2D eigenvalue weighted by atomic mass is 9.53. The van der Waals surface area contributed by atoms with Crippen molar-refractivity contribution in [3.05, 3.63) is 142 Å². The van der Waals surface area contributed by atoms with E-state index in [-0.39, 0.29) is 60.9 Å². The lowest BCUT2D eigenvalue weighted by molar-refractivity contribution is -0.296. The van der Waals surface area contributed by atoms with Gasteiger partial charge in [0, 0.05) is 42.9 Å². The summed E-state index contributed by atoms with van der Waals surface area (Å²) >= 11 is 0. The van der Waals surface area contributed by atoms with Crippen LogP contribution in [0.3, 0.4) is 0 Å². The topological polar surface area (TPSA) is 193 Å². The number of aliphatic hydroxyl groups is 2. The van der Waals surface area contributed by atoms with Crippen LogP contribution >= 0.6 is 0 Å². The standard InChI is InChI=1S/C50H55NO13/c1-30-36(62-47(57)42(54)40(33-18-10-6-11-19-33)51-45(55)34-20-12-7-13-21-34)28-50(58)44(63-46(56)35-22-14-8-15-23-35)39-31(2)43(41(53)38(30)48(50,4)5)60-26-17-9-16-25-59-27-24-37-49(39,29-61-37)64-32(3)52/h6-16,18-23,36-37,39-40,42,44,54,58H,17,24-29H2,1-5H3,(H,51,55)/b16-9-,43-31+/t36-,37+,39+,40-,42+,44-,49-,50+/m0/s1. The summed E-state index contributed by atoms with van der Waals surface area (Å²) in [5, 5.41) is 28.3. The third-order valence-electron chi connectivity index (χ3n) is 13.0. The second kappa shape index (κ2) is 19.0. The molecule has 3 aromatic carbocycles. The van der Waals surface area contributed by atoms with Gasteiger partial charge in [-0.05, 0) is 61.2 Å². The number of hydrogen-bond acceptors (Lipinski definition) is 13. The van der Waals surface area contributed by atoms with E-state index in [9.17, 15) is 29.4 Å². The molecule has 0 unspecified atom stereocenters. The zero-order valence-corrected chi connectivity index (χ0v) is 36.6. The van der Waals surface area contributed by atoms with Gasteiger partial charge in [0.25, 0.3) is 5.91 Å². The Bertz CT molecular complexity index is 2320. The SMILES string of the molecule is CC(=O)O[C@@]12CO[C@@H]1CCOC/C=C\CCO/C1=C(\C)[C@@H]2[C@H](OC(=O)c2ccccc2)[C@]2(O)C[C@H](OC(=O)[C@H](O)[C@@H](NC(=O)c3ccccc3)c3ccccc3)C(C)=C(C1=O)C2(C)C. The summed E-state index contributed by atoms with van der Waals surface area (Å²) < 4.78 is 37.3. The molecule has 4 aliphatic rings. The molecule has 0 radical (unpaired) electrons. The normalized spacial score (nSPS) is 29.3. The zero-order chi connectivity index (χ0) is 45.8. The summed E-state index contributed by atoms with van der Waals surface area (Å²) in [6.45, 7) is 8.08. The van der Waals surface area contributed by atoms with Crippen molar-refractivity contribution in [2.45, 2.75) is 95.5 Å². The Morgan fingerprint density at radius 3 is 2.11 bits per heavy atom. The first kappa shape index (κ1) is 46.1. The van der Waals surface area contributed by atoms with E-state index in [1.54, 1.807) is 119 Å². The molecule has 0 aromatic heterocycles. The molecule has 14 heteroatoms. The quantitative estimate of drug-likeness (QED) is 0.135. The summed E-state index contributed by atoms with van der Waals surface area (Å²) in [7, 11) is 0. The molecule has 2 aliphatic carbocycles. The number of amides is 1. The third kappa shape index (κ3) is 8.79. The maximum Gasteiger partial charge on any atom is 0.338 e. The molecule has 3 N–H and O–H groups in total. The first-order valence-electron chi connectivity index (χ1n) is 21.5. The maximum absolute atomic E-state index is 15.4. The fraction of sp³-hybridized carbons (Fsp3) is 0.420. The van der Waals surface area contributed by atoms with E-state index in [1.165, 1.54) is 6.92 Å². The number of carbonyl (C=O) groups is 5. The highest BCUT2D eigenvalue weighted by Crippen LogP contribution is 2.58. The van der Waals surface area contributed by atoms with Crippen LogP contribution in [0.15, 0.2) is 126 Å². The van der Waals surface area contributed by atoms with Crippen LogP contribution in [-0.4, -0.2) is 102 Å². The summed E-state index contributed by atoms with van der Waals surface area (Å²) in [5.41, 5.74) is -4.08. The number of esters is 3. The highest BCUT2D eigenvalue weighted by molar-refractivity contribution is 6.09. The molecule has 338 valence electrons. The zero-order valence-electron chi connectivity index (χ0n) is 36.6. The fourth-order valence-electron chi connectivity index (χ4n) is 9.62. The largest absolute Gasteiger partial charge is 0.489 e. The van der Waals surface area contributed by atoms with E-state index in [4.69, 9.17) is 28.4 Å². The molecular weight excluding hydrogens is 823 g/mol. The van der Waals surface area contributed by atoms with E-state index in [0.29, 0.717) is 17.5 Å². The minimum Gasteiger partial charge on any atom is -0.489 e. The number of nitrogens with one attached hydrogen (secondary N) is 1. The van der Waals surface area contributed by atoms with Crippen LogP contribution in [0.2, 0.25) is 0 Å². The minimum absolute atomic E-state index is 0.0343. The van der Waals surface area contributed by atoms with Crippen LogP contribution < -0.4 is 5.32 Å². The molecule has 7 rings (SSSR count). The predicted molar refractivity (Wildman–Crippen MR) is 231 cm³/mol. The van der Waals surface area contributed by atoms with Crippen LogP contribution in [0.5, 0.6) is 0 Å². The number of aliphatic hydroxyl groups excluding tert-OH is 1. The molecule has 1 fully saturated rings. The first-order chi connectivity index (χ1) is 30.6. The van der Waals surface area contributed by atoms with Crippen molar-refractivity contribution in [2.24, 2.45) is 11.3 Å². The van der Waals surface area contributed by atoms with E-state index in [1.807, 2.05) is 12.2 Å². The van der Waals surface area contributed by atoms with Crippen molar-refractivity contribution in [2.75, 3.05) is 26.4 Å². The maximum atomic E-state index is 15.4. The lowest BCUT2D eigenvalue weighted by Gasteiger charge is -2.60. The second-order valence-electron chi connectivity index (χ2n) is 17.2. The van der Waals surface area contributed by atoms with Gasteiger partial charge in [0.15, 0.2) is 17.5 Å². The molecule has 1 saturated heterocycles. The van der Waals surface area contributed by atoms with E-state index < -0.39 is 89.0 Å². The van der Waals surface area contributed by atoms with Crippen molar-refractivity contribution in [1.82, 2.24) is 5.32 Å². The highest BCUT2D eigenvalue weighted by atomic mass is 16.6. The van der Waals surface area contributed by atoms with E-state index >= 15 is 4.79 Å². The molecule has 2 heterocycles. The molecule has 8 atom stereocenters. The Hall–Kier alpha value is -5.93. The molecule has 14 nitrogen and oxygen atoms in total.